The monoisotopic (exact) mass is 674 g/mol. The zero-order chi connectivity index (χ0) is 33.8. The molecule has 13 heteroatoms. The molecule has 252 valence electrons. The quantitative estimate of drug-likeness (QED) is 0.195. The number of carbonyl (C=O) groups is 2. The molecule has 5 heterocycles. The van der Waals surface area contributed by atoms with Gasteiger partial charge in [0.25, 0.3) is 5.91 Å². The minimum atomic E-state index is -0.343. The van der Waals surface area contributed by atoms with Crippen LogP contribution in [-0.4, -0.2) is 75.7 Å². The van der Waals surface area contributed by atoms with Gasteiger partial charge in [-0.25, -0.2) is 9.97 Å². The van der Waals surface area contributed by atoms with E-state index in [-0.39, 0.29) is 24.5 Å². The largest absolute Gasteiger partial charge is 0.481 e. The number of amides is 2. The normalized spacial score (nSPS) is 16.1. The van der Waals surface area contributed by atoms with Crippen molar-refractivity contribution in [1.29, 1.82) is 0 Å². The van der Waals surface area contributed by atoms with Gasteiger partial charge in [0.15, 0.2) is 5.82 Å². The van der Waals surface area contributed by atoms with Gasteiger partial charge in [0.1, 0.15) is 0 Å². The molecule has 1 aromatic carbocycles. The molecule has 0 unspecified atom stereocenters. The van der Waals surface area contributed by atoms with E-state index in [4.69, 9.17) is 21.3 Å². The number of pyridine rings is 2. The van der Waals surface area contributed by atoms with Crippen molar-refractivity contribution in [3.05, 3.63) is 76.0 Å². The van der Waals surface area contributed by atoms with Gasteiger partial charge in [-0.15, -0.1) is 0 Å². The number of benzene rings is 1. The molecule has 0 bridgehead atoms. The molecule has 2 amide bonds. The summed E-state index contributed by atoms with van der Waals surface area (Å²) in [6.07, 6.45) is 4.33. The molecule has 0 spiro atoms. The molecular formula is C35H40ClFN8O3. The number of alkyl halides is 1. The molecule has 48 heavy (non-hydrogen) atoms. The summed E-state index contributed by atoms with van der Waals surface area (Å²) in [6.45, 7) is 4.87. The van der Waals surface area contributed by atoms with Crippen LogP contribution < -0.4 is 20.7 Å². The van der Waals surface area contributed by atoms with E-state index in [0.717, 1.165) is 47.5 Å². The second-order valence-electron chi connectivity index (χ2n) is 12.2. The summed E-state index contributed by atoms with van der Waals surface area (Å²) < 4.78 is 20.2. The second-order valence-corrected chi connectivity index (χ2v) is 12.6. The number of hydrogen-bond donors (Lipinski definition) is 3. The molecule has 3 N–H and O–H groups in total. The Kier molecular flexibility index (Phi) is 10.3. The van der Waals surface area contributed by atoms with Crippen LogP contribution in [0, 0.1) is 6.92 Å². The number of aromatic nitrogens is 4. The van der Waals surface area contributed by atoms with E-state index in [1.165, 1.54) is 0 Å². The first-order valence-electron chi connectivity index (χ1n) is 16.2. The number of nitrogens with one attached hydrogen (secondary N) is 3. The third-order valence-corrected chi connectivity index (χ3v) is 9.45. The molecule has 2 aliphatic heterocycles. The van der Waals surface area contributed by atoms with Gasteiger partial charge in [-0.05, 0) is 43.5 Å². The molecule has 2 aliphatic rings. The maximum atomic E-state index is 13.5. The maximum Gasteiger partial charge on any atom is 0.291 e. The predicted octanol–water partition coefficient (Wildman–Crippen LogP) is 4.85. The lowest BCUT2D eigenvalue weighted by Crippen LogP contribution is -2.35. The Morgan fingerprint density at radius 2 is 2.02 bits per heavy atom. The first-order chi connectivity index (χ1) is 23.3. The van der Waals surface area contributed by atoms with E-state index in [2.05, 4.69) is 30.8 Å². The third kappa shape index (κ3) is 7.06. The second kappa shape index (κ2) is 14.8. The van der Waals surface area contributed by atoms with E-state index < -0.39 is 0 Å². The fraction of sp³-hybridized carbons (Fsp3) is 0.400. The van der Waals surface area contributed by atoms with Crippen LogP contribution >= 0.6 is 11.6 Å². The van der Waals surface area contributed by atoms with E-state index in [0.29, 0.717) is 78.4 Å². The summed E-state index contributed by atoms with van der Waals surface area (Å²) in [4.78, 5) is 41.2. The molecule has 1 atom stereocenters. The smallest absolute Gasteiger partial charge is 0.291 e. The molecule has 4 aromatic rings. The van der Waals surface area contributed by atoms with E-state index in [9.17, 15) is 14.0 Å². The third-order valence-electron chi connectivity index (χ3n) is 9.07. The van der Waals surface area contributed by atoms with E-state index >= 15 is 0 Å². The van der Waals surface area contributed by atoms with Gasteiger partial charge in [0, 0.05) is 92.9 Å². The summed E-state index contributed by atoms with van der Waals surface area (Å²) in [5, 5.41) is 9.81. The SMILES string of the molecule is COc1nc(-c2ccnc(-c3cccc(NC(=O)c4nc5c(n4C)CCN(CCCF)C5)c3C)c2Cl)ccc1CNC[C@H]1CCC(=O)N1. The average molecular weight is 675 g/mol. The minimum Gasteiger partial charge on any atom is -0.481 e. The van der Waals surface area contributed by atoms with Crippen molar-refractivity contribution in [3.63, 3.8) is 0 Å². The summed E-state index contributed by atoms with van der Waals surface area (Å²) in [5.41, 5.74) is 6.88. The topological polar surface area (TPSA) is 126 Å². The van der Waals surface area contributed by atoms with Gasteiger partial charge in [0.05, 0.1) is 35.9 Å². The van der Waals surface area contributed by atoms with Gasteiger partial charge >= 0.3 is 0 Å². The summed E-state index contributed by atoms with van der Waals surface area (Å²) in [7, 11) is 3.44. The number of ether oxygens (including phenoxy) is 1. The molecule has 0 saturated carbocycles. The Hall–Kier alpha value is -4.39. The van der Waals surface area contributed by atoms with Crippen molar-refractivity contribution in [1.82, 2.24) is 35.1 Å². The average Bonchev–Trinajstić information content (AvgIpc) is 3.66. The van der Waals surface area contributed by atoms with Crippen LogP contribution in [0.4, 0.5) is 10.1 Å². The molecule has 6 rings (SSSR count). The maximum absolute atomic E-state index is 13.5. The molecular weight excluding hydrogens is 635 g/mol. The number of imidazole rings is 1. The van der Waals surface area contributed by atoms with Crippen molar-refractivity contribution in [3.8, 4) is 28.4 Å². The van der Waals surface area contributed by atoms with Crippen LogP contribution in [0.25, 0.3) is 22.5 Å². The lowest BCUT2D eigenvalue weighted by Gasteiger charge is -2.26. The Morgan fingerprint density at radius 3 is 2.79 bits per heavy atom. The number of fused-ring (bicyclic) bond motifs is 1. The van der Waals surface area contributed by atoms with Crippen LogP contribution in [-0.2, 0) is 31.4 Å². The zero-order valence-electron chi connectivity index (χ0n) is 27.4. The highest BCUT2D eigenvalue weighted by atomic mass is 35.5. The summed E-state index contributed by atoms with van der Waals surface area (Å²) in [5.74, 6) is 0.594. The van der Waals surface area contributed by atoms with Crippen molar-refractivity contribution < 1.29 is 18.7 Å². The summed E-state index contributed by atoms with van der Waals surface area (Å²) >= 11 is 7.01. The van der Waals surface area contributed by atoms with Crippen LogP contribution in [0.1, 0.15) is 52.4 Å². The lowest BCUT2D eigenvalue weighted by molar-refractivity contribution is -0.119. The molecule has 0 aliphatic carbocycles. The van der Waals surface area contributed by atoms with Crippen molar-refractivity contribution in [2.45, 2.75) is 51.7 Å². The zero-order valence-corrected chi connectivity index (χ0v) is 28.2. The van der Waals surface area contributed by atoms with Crippen LogP contribution in [0.15, 0.2) is 42.6 Å². The first-order valence-corrected chi connectivity index (χ1v) is 16.6. The first kappa shape index (κ1) is 33.5. The number of carbonyl (C=O) groups excluding carboxylic acids is 2. The highest BCUT2D eigenvalue weighted by Gasteiger charge is 2.26. The number of methoxy groups -OCH3 is 1. The van der Waals surface area contributed by atoms with Gasteiger partial charge < -0.3 is 25.3 Å². The van der Waals surface area contributed by atoms with Gasteiger partial charge in [0.2, 0.25) is 11.8 Å². The van der Waals surface area contributed by atoms with Gasteiger partial charge in [-0.1, -0.05) is 29.8 Å². The lowest BCUT2D eigenvalue weighted by atomic mass is 10.0. The number of rotatable bonds is 12. The van der Waals surface area contributed by atoms with Gasteiger partial charge in [-0.2, -0.15) is 0 Å². The molecule has 1 saturated heterocycles. The number of halogens is 2. The van der Waals surface area contributed by atoms with Crippen molar-refractivity contribution in [2.24, 2.45) is 7.05 Å². The number of anilines is 1. The number of hydrogen-bond acceptors (Lipinski definition) is 8. The Balaban J connectivity index is 1.19. The van der Waals surface area contributed by atoms with Crippen molar-refractivity contribution >= 4 is 29.1 Å². The van der Waals surface area contributed by atoms with Gasteiger partial charge in [-0.3, -0.25) is 23.9 Å². The van der Waals surface area contributed by atoms with Crippen molar-refractivity contribution in [2.75, 3.05) is 38.7 Å². The van der Waals surface area contributed by atoms with E-state index in [1.54, 1.807) is 13.3 Å². The Labute approximate surface area is 284 Å². The Morgan fingerprint density at radius 1 is 1.17 bits per heavy atom. The molecule has 1 fully saturated rings. The fourth-order valence-corrected chi connectivity index (χ4v) is 6.75. The fourth-order valence-electron chi connectivity index (χ4n) is 6.44. The molecule has 3 aromatic heterocycles. The van der Waals surface area contributed by atoms with Crippen LogP contribution in [0.2, 0.25) is 5.02 Å². The molecule has 11 nitrogen and oxygen atoms in total. The van der Waals surface area contributed by atoms with E-state index in [1.807, 2.05) is 54.9 Å². The Bertz CT molecular complexity index is 1830. The predicted molar refractivity (Wildman–Crippen MR) is 183 cm³/mol. The summed E-state index contributed by atoms with van der Waals surface area (Å²) in [6, 6.07) is 11.4. The molecule has 0 radical (unpaired) electrons. The minimum absolute atomic E-state index is 0.0913. The standard InChI is InChI=1S/C35H40ClFN8O3/c1-21-24(6-4-7-26(21)42-34(47)33-41-28-20-45(16-5-14-37)17-13-29(28)44(33)2)32-31(36)25(12-15-39-32)27-10-8-22(35(43-27)48-3)18-38-19-23-9-11-30(46)40-23/h4,6-8,10,12,15,23,38H,5,9,11,13-14,16-20H2,1-3H3,(H,40,46)(H,42,47)/t23-/m1/s1. The highest BCUT2D eigenvalue weighted by Crippen LogP contribution is 2.38. The van der Waals surface area contributed by atoms with Crippen LogP contribution in [0.3, 0.4) is 0 Å². The van der Waals surface area contributed by atoms with Crippen LogP contribution in [0.5, 0.6) is 5.88 Å². The number of nitrogens with zero attached hydrogens (tertiary/aromatic N) is 5. The highest BCUT2D eigenvalue weighted by molar-refractivity contribution is 6.35.